The summed E-state index contributed by atoms with van der Waals surface area (Å²) >= 11 is 0. The van der Waals surface area contributed by atoms with E-state index >= 15 is 0 Å². The Kier molecular flexibility index (Phi) is 14.4. The first-order valence-electron chi connectivity index (χ1n) is 18.8. The fraction of sp³-hybridized carbons (Fsp3) is 0.356. The van der Waals surface area contributed by atoms with E-state index in [-0.39, 0.29) is 45.9 Å². The van der Waals surface area contributed by atoms with Gasteiger partial charge in [-0.05, 0) is 70.8 Å². The molecule has 0 bridgehead atoms. The molecule has 5 rings (SSSR count). The Bertz CT molecular complexity index is 2110. The van der Waals surface area contributed by atoms with Gasteiger partial charge in [0.15, 0.2) is 24.6 Å². The minimum Gasteiger partial charge on any atom is -0.452 e. The van der Waals surface area contributed by atoms with Crippen LogP contribution in [0.5, 0.6) is 0 Å². The Morgan fingerprint density at radius 1 is 0.649 bits per heavy atom. The van der Waals surface area contributed by atoms with E-state index in [0.29, 0.717) is 11.1 Å². The van der Waals surface area contributed by atoms with E-state index in [0.717, 1.165) is 5.56 Å². The quantitative estimate of drug-likeness (QED) is 0.0504. The lowest BCUT2D eigenvalue weighted by Gasteiger charge is -2.44. The summed E-state index contributed by atoms with van der Waals surface area (Å²) in [5.74, 6) is -0.464. The highest BCUT2D eigenvalue weighted by molar-refractivity contribution is 7.86. The van der Waals surface area contributed by atoms with E-state index in [2.05, 4.69) is 5.92 Å². The van der Waals surface area contributed by atoms with Crippen LogP contribution in [0.2, 0.25) is 0 Å². The number of esters is 3. The van der Waals surface area contributed by atoms with Gasteiger partial charge in [0.05, 0.1) is 23.3 Å². The van der Waals surface area contributed by atoms with E-state index in [1.54, 1.807) is 54.6 Å². The normalized spacial score (nSPS) is 19.5. The van der Waals surface area contributed by atoms with Gasteiger partial charge < -0.3 is 23.7 Å². The standard InChI is InChI=1S/C45H48O11S/c1-8-24-51-45-40(56-44(48)33-22-16-11-17-23-33)39(55-43(47)32-20-14-10-15-21-32)38(54-42(46)31-18-12-9-13-19-31)37(53-45)27-52-57(49,50)41-35(29(4)5)25-34(28(2)3)26-36(41)30(6)7/h1,9-23,25-26,28-30,37-40,45H,24,27H2,2-7H3/t37-,38?,39?,40+,45-/m1/s1. The van der Waals surface area contributed by atoms with Crippen molar-refractivity contribution in [2.45, 2.75) is 94.9 Å². The molecule has 0 amide bonds. The van der Waals surface area contributed by atoms with Crippen molar-refractivity contribution in [3.63, 3.8) is 0 Å². The minimum atomic E-state index is -4.53. The number of ether oxygens (including phenoxy) is 5. The summed E-state index contributed by atoms with van der Waals surface area (Å²) in [6, 6.07) is 27.8. The molecule has 1 aliphatic rings. The molecule has 1 saturated heterocycles. The van der Waals surface area contributed by atoms with Gasteiger partial charge in [-0.1, -0.05) is 114 Å². The fourth-order valence-electron chi connectivity index (χ4n) is 6.37. The van der Waals surface area contributed by atoms with Gasteiger partial charge in [-0.15, -0.1) is 6.42 Å². The SMILES string of the molecule is C#CCO[C@@H]1O[C@H](COS(=O)(=O)c2c(C(C)C)cc(C(C)C)cc2C(C)C)C(OC(=O)c2ccccc2)C(OC(=O)c2ccccc2)[C@@H]1OC(=O)c1ccccc1. The largest absolute Gasteiger partial charge is 0.452 e. The molecule has 0 N–H and O–H groups in total. The Hall–Kier alpha value is -5.32. The smallest absolute Gasteiger partial charge is 0.338 e. The first-order chi connectivity index (χ1) is 27.2. The molecule has 2 unspecified atom stereocenters. The minimum absolute atomic E-state index is 0.0346. The van der Waals surface area contributed by atoms with Crippen molar-refractivity contribution >= 4 is 28.0 Å². The van der Waals surface area contributed by atoms with Crippen molar-refractivity contribution in [1.29, 1.82) is 0 Å². The third kappa shape index (κ3) is 10.6. The van der Waals surface area contributed by atoms with Gasteiger partial charge >= 0.3 is 17.9 Å². The van der Waals surface area contributed by atoms with Crippen LogP contribution in [-0.2, 0) is 38.0 Å². The van der Waals surface area contributed by atoms with Crippen LogP contribution in [0.4, 0.5) is 0 Å². The number of carbonyl (C=O) groups is 3. The highest BCUT2D eigenvalue weighted by Crippen LogP contribution is 2.37. The maximum absolute atomic E-state index is 14.4. The van der Waals surface area contributed by atoms with E-state index in [9.17, 15) is 22.8 Å². The third-order valence-corrected chi connectivity index (χ3v) is 10.8. The van der Waals surface area contributed by atoms with Crippen LogP contribution in [0.15, 0.2) is 108 Å². The molecule has 1 aliphatic heterocycles. The lowest BCUT2D eigenvalue weighted by atomic mass is 9.89. The molecule has 12 heteroatoms. The molecule has 11 nitrogen and oxygen atoms in total. The molecule has 0 spiro atoms. The van der Waals surface area contributed by atoms with Crippen LogP contribution >= 0.6 is 0 Å². The Morgan fingerprint density at radius 2 is 1.07 bits per heavy atom. The Labute approximate surface area is 334 Å². The molecular weight excluding hydrogens is 749 g/mol. The highest BCUT2D eigenvalue weighted by Gasteiger charge is 2.54. The van der Waals surface area contributed by atoms with Crippen LogP contribution in [0, 0.1) is 12.3 Å². The van der Waals surface area contributed by atoms with E-state index < -0.39 is 65.3 Å². The summed E-state index contributed by atoms with van der Waals surface area (Å²) in [6.07, 6.45) is -2.29. The number of hydrogen-bond donors (Lipinski definition) is 0. The van der Waals surface area contributed by atoms with Crippen molar-refractivity contribution in [3.8, 4) is 12.3 Å². The van der Waals surface area contributed by atoms with Gasteiger partial charge in [0.25, 0.3) is 10.1 Å². The van der Waals surface area contributed by atoms with Gasteiger partial charge in [-0.3, -0.25) is 4.18 Å². The zero-order valence-corrected chi connectivity index (χ0v) is 33.6. The molecule has 1 heterocycles. The second kappa shape index (κ2) is 19.2. The molecule has 0 aliphatic carbocycles. The summed E-state index contributed by atoms with van der Waals surface area (Å²) in [5.41, 5.74) is 2.57. The summed E-state index contributed by atoms with van der Waals surface area (Å²) in [7, 11) is -4.53. The summed E-state index contributed by atoms with van der Waals surface area (Å²) < 4.78 is 64.9. The van der Waals surface area contributed by atoms with Crippen molar-refractivity contribution in [2.24, 2.45) is 0 Å². The van der Waals surface area contributed by atoms with Gasteiger partial charge in [0, 0.05) is 0 Å². The molecule has 4 aromatic carbocycles. The monoisotopic (exact) mass is 796 g/mol. The van der Waals surface area contributed by atoms with Crippen molar-refractivity contribution < 1.29 is 50.7 Å². The van der Waals surface area contributed by atoms with Crippen LogP contribution in [0.3, 0.4) is 0 Å². The first-order valence-corrected chi connectivity index (χ1v) is 20.2. The molecular formula is C45H48O11S. The first kappa shape index (κ1) is 42.8. The molecule has 57 heavy (non-hydrogen) atoms. The molecule has 1 fully saturated rings. The van der Waals surface area contributed by atoms with Gasteiger partial charge in [-0.2, -0.15) is 8.42 Å². The fourth-order valence-corrected chi connectivity index (χ4v) is 7.97. The predicted octanol–water partition coefficient (Wildman–Crippen LogP) is 7.81. The topological polar surface area (TPSA) is 141 Å². The lowest BCUT2D eigenvalue weighted by molar-refractivity contribution is -0.294. The van der Waals surface area contributed by atoms with Crippen LogP contribution in [0.1, 0.15) is 107 Å². The Balaban J connectivity index is 1.61. The van der Waals surface area contributed by atoms with Gasteiger partial charge in [0.2, 0.25) is 0 Å². The number of hydrogen-bond acceptors (Lipinski definition) is 11. The number of carbonyl (C=O) groups excluding carboxylic acids is 3. The molecule has 5 atom stereocenters. The zero-order chi connectivity index (χ0) is 41.3. The van der Waals surface area contributed by atoms with Gasteiger partial charge in [-0.25, -0.2) is 14.4 Å². The Morgan fingerprint density at radius 3 is 1.47 bits per heavy atom. The molecule has 0 radical (unpaired) electrons. The number of terminal acetylenes is 1. The second-order valence-electron chi connectivity index (χ2n) is 14.5. The molecule has 4 aromatic rings. The van der Waals surface area contributed by atoms with Crippen molar-refractivity contribution in [2.75, 3.05) is 13.2 Å². The predicted molar refractivity (Wildman–Crippen MR) is 212 cm³/mol. The summed E-state index contributed by atoms with van der Waals surface area (Å²) in [6.45, 7) is 10.6. The van der Waals surface area contributed by atoms with Crippen molar-refractivity contribution in [1.82, 2.24) is 0 Å². The summed E-state index contributed by atoms with van der Waals surface area (Å²) in [4.78, 5) is 41.2. The zero-order valence-electron chi connectivity index (χ0n) is 32.8. The van der Waals surface area contributed by atoms with Crippen LogP contribution in [0.25, 0.3) is 0 Å². The molecule has 0 saturated carbocycles. The van der Waals surface area contributed by atoms with Crippen molar-refractivity contribution in [3.05, 3.63) is 137 Å². The van der Waals surface area contributed by atoms with E-state index in [4.69, 9.17) is 34.3 Å². The van der Waals surface area contributed by atoms with E-state index in [1.165, 1.54) is 36.4 Å². The maximum Gasteiger partial charge on any atom is 0.338 e. The average Bonchev–Trinajstić information content (AvgIpc) is 3.21. The van der Waals surface area contributed by atoms with Crippen LogP contribution in [-0.4, -0.2) is 70.2 Å². The van der Waals surface area contributed by atoms with Crippen LogP contribution < -0.4 is 0 Å². The third-order valence-electron chi connectivity index (χ3n) is 9.40. The lowest BCUT2D eigenvalue weighted by Crippen LogP contribution is -2.63. The molecule has 0 aromatic heterocycles. The number of benzene rings is 4. The van der Waals surface area contributed by atoms with E-state index in [1.807, 2.05) is 53.7 Å². The highest BCUT2D eigenvalue weighted by atomic mass is 32.2. The average molecular weight is 797 g/mol. The molecule has 300 valence electrons. The summed E-state index contributed by atoms with van der Waals surface area (Å²) in [5, 5.41) is 0. The maximum atomic E-state index is 14.4. The second-order valence-corrected chi connectivity index (χ2v) is 16.0. The number of rotatable bonds is 15. The van der Waals surface area contributed by atoms with Gasteiger partial charge in [0.1, 0.15) is 17.6 Å².